The fourth-order valence-electron chi connectivity index (χ4n) is 2.33. The minimum absolute atomic E-state index is 0.262. The Morgan fingerprint density at radius 3 is 2.21 bits per heavy atom. The third-order valence-corrected chi connectivity index (χ3v) is 3.20. The second kappa shape index (κ2) is 5.49. The topological polar surface area (TPSA) is 26.0 Å². The molecule has 3 heteroatoms. The van der Waals surface area contributed by atoms with Gasteiger partial charge in [0.2, 0.25) is 0 Å². The molecule has 0 amide bonds. The maximum absolute atomic E-state index is 13.1. The van der Waals surface area contributed by atoms with Crippen molar-refractivity contribution in [3.8, 4) is 0 Å². The summed E-state index contributed by atoms with van der Waals surface area (Å²) in [5.41, 5.74) is 9.99. The van der Waals surface area contributed by atoms with Crippen molar-refractivity contribution in [3.05, 3.63) is 70.3 Å². The molecule has 2 aromatic rings. The average molecular weight is 261 g/mol. The first-order chi connectivity index (χ1) is 8.95. The molecule has 1 atom stereocenters. The molecule has 0 heterocycles. The van der Waals surface area contributed by atoms with E-state index in [9.17, 15) is 8.78 Å². The molecule has 0 aliphatic heterocycles. The van der Waals surface area contributed by atoms with E-state index in [1.54, 1.807) is 0 Å². The summed E-state index contributed by atoms with van der Waals surface area (Å²) in [5, 5.41) is 0. The van der Waals surface area contributed by atoms with Gasteiger partial charge in [0.25, 0.3) is 0 Å². The van der Waals surface area contributed by atoms with Crippen molar-refractivity contribution >= 4 is 0 Å². The van der Waals surface area contributed by atoms with E-state index in [2.05, 4.69) is 6.07 Å². The van der Waals surface area contributed by atoms with E-state index in [-0.39, 0.29) is 6.04 Å². The zero-order chi connectivity index (χ0) is 14.0. The number of benzene rings is 2. The van der Waals surface area contributed by atoms with E-state index in [0.29, 0.717) is 12.0 Å². The van der Waals surface area contributed by atoms with Gasteiger partial charge in [0, 0.05) is 12.1 Å². The Balaban J connectivity index is 2.22. The molecule has 1 unspecified atom stereocenters. The smallest absolute Gasteiger partial charge is 0.126 e. The lowest BCUT2D eigenvalue weighted by molar-refractivity contribution is 0.576. The summed E-state index contributed by atoms with van der Waals surface area (Å²) < 4.78 is 26.3. The normalized spacial score (nSPS) is 12.5. The highest BCUT2D eigenvalue weighted by Crippen LogP contribution is 2.21. The molecule has 0 saturated heterocycles. The average Bonchev–Trinajstić information content (AvgIpc) is 2.26. The van der Waals surface area contributed by atoms with Gasteiger partial charge < -0.3 is 5.73 Å². The summed E-state index contributed by atoms with van der Waals surface area (Å²) in [7, 11) is 0. The Morgan fingerprint density at radius 1 is 1.00 bits per heavy atom. The largest absolute Gasteiger partial charge is 0.324 e. The fraction of sp³-hybridized carbons (Fsp3) is 0.250. The van der Waals surface area contributed by atoms with Crippen LogP contribution in [-0.2, 0) is 6.42 Å². The molecule has 0 aromatic heterocycles. The number of nitrogens with two attached hydrogens (primary N) is 1. The van der Waals surface area contributed by atoms with E-state index in [1.807, 2.05) is 26.0 Å². The summed E-state index contributed by atoms with van der Waals surface area (Å²) in [5.74, 6) is -1.13. The van der Waals surface area contributed by atoms with Crippen molar-refractivity contribution in [3.63, 3.8) is 0 Å². The molecular formula is C16H17F2N. The van der Waals surface area contributed by atoms with Gasteiger partial charge in [0.15, 0.2) is 0 Å². The summed E-state index contributed by atoms with van der Waals surface area (Å²) in [6.07, 6.45) is 0.415. The second-order valence-electron chi connectivity index (χ2n) is 4.95. The SMILES string of the molecule is Cc1ccc(C(N)Cc2cc(F)cc(F)c2)c(C)c1. The van der Waals surface area contributed by atoms with E-state index in [1.165, 1.54) is 17.7 Å². The lowest BCUT2D eigenvalue weighted by Gasteiger charge is -2.15. The predicted molar refractivity (Wildman–Crippen MR) is 72.9 cm³/mol. The number of hydrogen-bond donors (Lipinski definition) is 1. The fourth-order valence-corrected chi connectivity index (χ4v) is 2.33. The van der Waals surface area contributed by atoms with Crippen LogP contribution in [0.15, 0.2) is 36.4 Å². The molecule has 100 valence electrons. The third kappa shape index (κ3) is 3.38. The van der Waals surface area contributed by atoms with Gasteiger partial charge in [-0.1, -0.05) is 23.8 Å². The van der Waals surface area contributed by atoms with Crippen molar-refractivity contribution in [1.29, 1.82) is 0 Å². The first-order valence-corrected chi connectivity index (χ1v) is 6.23. The van der Waals surface area contributed by atoms with E-state index >= 15 is 0 Å². The van der Waals surface area contributed by atoms with Gasteiger partial charge in [-0.15, -0.1) is 0 Å². The maximum Gasteiger partial charge on any atom is 0.126 e. The van der Waals surface area contributed by atoms with Gasteiger partial charge in [-0.2, -0.15) is 0 Å². The van der Waals surface area contributed by atoms with Gasteiger partial charge in [-0.3, -0.25) is 0 Å². The molecule has 0 aliphatic rings. The number of hydrogen-bond acceptors (Lipinski definition) is 1. The summed E-state index contributed by atoms with van der Waals surface area (Å²) in [4.78, 5) is 0. The van der Waals surface area contributed by atoms with Crippen LogP contribution in [0, 0.1) is 25.5 Å². The molecule has 0 aliphatic carbocycles. The van der Waals surface area contributed by atoms with E-state index < -0.39 is 11.6 Å². The van der Waals surface area contributed by atoms with Crippen molar-refractivity contribution in [2.24, 2.45) is 5.73 Å². The standard InChI is InChI=1S/C16H17F2N/c1-10-3-4-15(11(2)5-10)16(19)8-12-6-13(17)9-14(18)7-12/h3-7,9,16H,8,19H2,1-2H3. The molecule has 0 saturated carbocycles. The van der Waals surface area contributed by atoms with Gasteiger partial charge in [0.1, 0.15) is 11.6 Å². The molecule has 2 N–H and O–H groups in total. The minimum Gasteiger partial charge on any atom is -0.324 e. The van der Waals surface area contributed by atoms with Crippen molar-refractivity contribution in [2.75, 3.05) is 0 Å². The Kier molecular flexibility index (Phi) is 3.96. The molecule has 0 radical (unpaired) electrons. The highest BCUT2D eigenvalue weighted by atomic mass is 19.1. The number of rotatable bonds is 3. The maximum atomic E-state index is 13.1. The zero-order valence-corrected chi connectivity index (χ0v) is 11.1. The van der Waals surface area contributed by atoms with Crippen LogP contribution in [0.1, 0.15) is 28.3 Å². The number of halogens is 2. The molecule has 19 heavy (non-hydrogen) atoms. The molecule has 0 spiro atoms. The van der Waals surface area contributed by atoms with Gasteiger partial charge in [-0.05, 0) is 49.1 Å². The number of aryl methyl sites for hydroxylation is 2. The summed E-state index contributed by atoms with van der Waals surface area (Å²) >= 11 is 0. The van der Waals surface area contributed by atoms with Crippen LogP contribution in [-0.4, -0.2) is 0 Å². The van der Waals surface area contributed by atoms with E-state index in [0.717, 1.165) is 17.2 Å². The molecule has 0 bridgehead atoms. The Morgan fingerprint density at radius 2 is 1.63 bits per heavy atom. The molecule has 2 aromatic carbocycles. The lowest BCUT2D eigenvalue weighted by Crippen LogP contribution is -2.15. The third-order valence-electron chi connectivity index (χ3n) is 3.20. The van der Waals surface area contributed by atoms with E-state index in [4.69, 9.17) is 5.73 Å². The minimum atomic E-state index is -0.567. The lowest BCUT2D eigenvalue weighted by atomic mass is 9.95. The van der Waals surface area contributed by atoms with Crippen LogP contribution in [0.3, 0.4) is 0 Å². The Bertz CT molecular complexity index is 573. The van der Waals surface area contributed by atoms with Gasteiger partial charge >= 0.3 is 0 Å². The molecule has 0 fully saturated rings. The van der Waals surface area contributed by atoms with Crippen molar-refractivity contribution in [2.45, 2.75) is 26.3 Å². The second-order valence-corrected chi connectivity index (χ2v) is 4.95. The summed E-state index contributed by atoms with van der Waals surface area (Å²) in [6, 6.07) is 9.29. The predicted octanol–water partition coefficient (Wildman–Crippen LogP) is 3.82. The quantitative estimate of drug-likeness (QED) is 0.893. The first kappa shape index (κ1) is 13.7. The van der Waals surface area contributed by atoms with Crippen molar-refractivity contribution < 1.29 is 8.78 Å². The van der Waals surface area contributed by atoms with Crippen LogP contribution in [0.25, 0.3) is 0 Å². The van der Waals surface area contributed by atoms with Crippen LogP contribution in [0.5, 0.6) is 0 Å². The monoisotopic (exact) mass is 261 g/mol. The first-order valence-electron chi connectivity index (χ1n) is 6.23. The van der Waals surface area contributed by atoms with Gasteiger partial charge in [0.05, 0.1) is 0 Å². The molecule has 1 nitrogen and oxygen atoms in total. The summed E-state index contributed by atoms with van der Waals surface area (Å²) in [6.45, 7) is 4.01. The highest BCUT2D eigenvalue weighted by Gasteiger charge is 2.11. The van der Waals surface area contributed by atoms with Gasteiger partial charge in [-0.25, -0.2) is 8.78 Å². The molecular weight excluding hydrogens is 244 g/mol. The van der Waals surface area contributed by atoms with Crippen LogP contribution in [0.2, 0.25) is 0 Å². The zero-order valence-electron chi connectivity index (χ0n) is 11.1. The van der Waals surface area contributed by atoms with Crippen molar-refractivity contribution in [1.82, 2.24) is 0 Å². The molecule has 2 rings (SSSR count). The van der Waals surface area contributed by atoms with Crippen LogP contribution >= 0.6 is 0 Å². The Labute approximate surface area is 112 Å². The highest BCUT2D eigenvalue weighted by molar-refractivity contribution is 5.34. The van der Waals surface area contributed by atoms with Crippen LogP contribution in [0.4, 0.5) is 8.78 Å². The Hall–Kier alpha value is -1.74. The van der Waals surface area contributed by atoms with Crippen LogP contribution < -0.4 is 5.73 Å².